The second-order valence-corrected chi connectivity index (χ2v) is 7.86. The van der Waals surface area contributed by atoms with Crippen LogP contribution in [0.15, 0.2) is 66.7 Å². The summed E-state index contributed by atoms with van der Waals surface area (Å²) in [5, 5.41) is 11.3. The molecule has 0 radical (unpaired) electrons. The Morgan fingerprint density at radius 2 is 1.67 bits per heavy atom. The third-order valence-electron chi connectivity index (χ3n) is 5.56. The fourth-order valence-electron chi connectivity index (χ4n) is 3.84. The molecule has 1 heterocycles. The molecule has 30 heavy (non-hydrogen) atoms. The van der Waals surface area contributed by atoms with Gasteiger partial charge in [-0.05, 0) is 59.4 Å². The lowest BCUT2D eigenvalue weighted by Gasteiger charge is -2.36. The lowest BCUT2D eigenvalue weighted by Crippen LogP contribution is -2.49. The highest BCUT2D eigenvalue weighted by Gasteiger charge is 2.32. The van der Waals surface area contributed by atoms with Crippen LogP contribution in [0.2, 0.25) is 0 Å². The molecule has 158 valence electrons. The van der Waals surface area contributed by atoms with Gasteiger partial charge in [-0.15, -0.1) is 12.4 Å². The Hall–Kier alpha value is -2.56. The summed E-state index contributed by atoms with van der Waals surface area (Å²) in [6.07, 6.45) is 3.26. The van der Waals surface area contributed by atoms with Gasteiger partial charge in [0, 0.05) is 19.6 Å². The topological polar surface area (TPSA) is 49.8 Å². The van der Waals surface area contributed by atoms with Crippen LogP contribution in [-0.4, -0.2) is 35.7 Å². The molecule has 0 atom stereocenters. The molecule has 0 aliphatic carbocycles. The van der Waals surface area contributed by atoms with Crippen LogP contribution in [0.1, 0.15) is 24.0 Å². The van der Waals surface area contributed by atoms with Gasteiger partial charge < -0.3 is 9.84 Å². The van der Waals surface area contributed by atoms with Crippen molar-refractivity contribution in [2.75, 3.05) is 19.7 Å². The summed E-state index contributed by atoms with van der Waals surface area (Å²) in [7, 11) is 0. The van der Waals surface area contributed by atoms with Gasteiger partial charge in [0.1, 0.15) is 5.75 Å². The predicted octanol–water partition coefficient (Wildman–Crippen LogP) is 5.18. The quantitative estimate of drug-likeness (QED) is 0.480. The van der Waals surface area contributed by atoms with Crippen molar-refractivity contribution in [1.29, 1.82) is 0 Å². The SMILES string of the molecule is Cl.O=C(O)C1CN(Cc2ccc3cc(OCCCCc4ccccc4)ccc3c2)C1. The summed E-state index contributed by atoms with van der Waals surface area (Å²) in [5.41, 5.74) is 2.60. The number of aryl methyl sites for hydroxylation is 1. The van der Waals surface area contributed by atoms with Crippen LogP contribution in [0.5, 0.6) is 5.75 Å². The van der Waals surface area contributed by atoms with Crippen LogP contribution >= 0.6 is 12.4 Å². The Morgan fingerprint density at radius 3 is 2.43 bits per heavy atom. The third-order valence-corrected chi connectivity index (χ3v) is 5.56. The van der Waals surface area contributed by atoms with Crippen molar-refractivity contribution in [3.63, 3.8) is 0 Å². The molecule has 0 saturated carbocycles. The number of hydrogen-bond donors (Lipinski definition) is 1. The number of ether oxygens (including phenoxy) is 1. The third kappa shape index (κ3) is 5.74. The van der Waals surface area contributed by atoms with Gasteiger partial charge in [0.05, 0.1) is 12.5 Å². The zero-order chi connectivity index (χ0) is 20.1. The summed E-state index contributed by atoms with van der Waals surface area (Å²) in [5.74, 6) is 0.0206. The average Bonchev–Trinajstić information content (AvgIpc) is 2.70. The number of benzene rings is 3. The first-order valence-electron chi connectivity index (χ1n) is 10.3. The van der Waals surface area contributed by atoms with Gasteiger partial charge in [0.15, 0.2) is 0 Å². The van der Waals surface area contributed by atoms with Crippen LogP contribution < -0.4 is 4.74 Å². The van der Waals surface area contributed by atoms with Crippen LogP contribution in [0.3, 0.4) is 0 Å². The molecule has 0 spiro atoms. The molecule has 4 rings (SSSR count). The summed E-state index contributed by atoms with van der Waals surface area (Å²) < 4.78 is 5.94. The van der Waals surface area contributed by atoms with Crippen LogP contribution in [-0.2, 0) is 17.8 Å². The van der Waals surface area contributed by atoms with Crippen molar-refractivity contribution in [1.82, 2.24) is 4.90 Å². The monoisotopic (exact) mass is 425 g/mol. The number of likely N-dealkylation sites (tertiary alicyclic amines) is 1. The van der Waals surface area contributed by atoms with E-state index in [0.29, 0.717) is 13.1 Å². The van der Waals surface area contributed by atoms with Gasteiger partial charge in [-0.2, -0.15) is 0 Å². The van der Waals surface area contributed by atoms with E-state index in [1.165, 1.54) is 21.9 Å². The lowest BCUT2D eigenvalue weighted by atomic mass is 9.99. The molecule has 0 amide bonds. The minimum Gasteiger partial charge on any atom is -0.494 e. The predicted molar refractivity (Wildman–Crippen MR) is 122 cm³/mol. The molecular weight excluding hydrogens is 398 g/mol. The van der Waals surface area contributed by atoms with E-state index < -0.39 is 5.97 Å². The first kappa shape index (κ1) is 22.1. The van der Waals surface area contributed by atoms with Crippen molar-refractivity contribution >= 4 is 29.1 Å². The smallest absolute Gasteiger partial charge is 0.309 e. The number of aliphatic carboxylic acids is 1. The van der Waals surface area contributed by atoms with Gasteiger partial charge >= 0.3 is 5.97 Å². The molecule has 1 aliphatic heterocycles. The summed E-state index contributed by atoms with van der Waals surface area (Å²) >= 11 is 0. The average molecular weight is 426 g/mol. The van der Waals surface area contributed by atoms with E-state index in [1.54, 1.807) is 0 Å². The first-order chi connectivity index (χ1) is 14.2. The zero-order valence-electron chi connectivity index (χ0n) is 17.0. The second-order valence-electron chi connectivity index (χ2n) is 7.86. The molecule has 0 bridgehead atoms. The Kier molecular flexibility index (Phi) is 7.72. The molecule has 1 N–H and O–H groups in total. The van der Waals surface area contributed by atoms with Gasteiger partial charge in [-0.3, -0.25) is 9.69 Å². The molecule has 4 nitrogen and oxygen atoms in total. The minimum absolute atomic E-state index is 0. The number of halogens is 1. The minimum atomic E-state index is -0.688. The Labute approximate surface area is 183 Å². The maximum Gasteiger partial charge on any atom is 0.309 e. The van der Waals surface area contributed by atoms with Gasteiger partial charge in [0.2, 0.25) is 0 Å². The standard InChI is InChI=1S/C25H27NO3.ClH/c27-25(28)23-17-26(18-23)16-20-9-10-22-15-24(12-11-21(22)14-20)29-13-5-4-8-19-6-2-1-3-7-19;/h1-3,6-7,9-12,14-15,23H,4-5,8,13,16-18H2,(H,27,28);1H. The van der Waals surface area contributed by atoms with Crippen LogP contribution in [0, 0.1) is 5.92 Å². The van der Waals surface area contributed by atoms with Crippen LogP contribution in [0.4, 0.5) is 0 Å². The molecule has 3 aromatic carbocycles. The summed E-state index contributed by atoms with van der Waals surface area (Å²) in [4.78, 5) is 13.1. The normalized spacial score (nSPS) is 14.1. The highest BCUT2D eigenvalue weighted by Crippen LogP contribution is 2.25. The number of carbonyl (C=O) groups is 1. The van der Waals surface area contributed by atoms with E-state index in [1.807, 2.05) is 6.07 Å². The van der Waals surface area contributed by atoms with Crippen molar-refractivity contribution in [3.8, 4) is 5.75 Å². The van der Waals surface area contributed by atoms with Gasteiger partial charge in [-0.1, -0.05) is 48.5 Å². The fraction of sp³-hybridized carbons (Fsp3) is 0.320. The number of carboxylic acids is 1. The fourth-order valence-corrected chi connectivity index (χ4v) is 3.84. The molecule has 5 heteroatoms. The van der Waals surface area contributed by atoms with Crippen molar-refractivity contribution in [2.24, 2.45) is 5.92 Å². The molecule has 1 aliphatic rings. The summed E-state index contributed by atoms with van der Waals surface area (Å²) in [6, 6.07) is 23.2. The van der Waals surface area contributed by atoms with Crippen LogP contribution in [0.25, 0.3) is 10.8 Å². The van der Waals surface area contributed by atoms with E-state index in [4.69, 9.17) is 9.84 Å². The van der Waals surface area contributed by atoms with Crippen molar-refractivity contribution < 1.29 is 14.6 Å². The maximum absolute atomic E-state index is 10.9. The molecule has 0 aromatic heterocycles. The zero-order valence-corrected chi connectivity index (χ0v) is 17.8. The number of unbranched alkanes of at least 4 members (excludes halogenated alkanes) is 1. The molecule has 1 saturated heterocycles. The van der Waals surface area contributed by atoms with E-state index in [2.05, 4.69) is 65.6 Å². The van der Waals surface area contributed by atoms with Crippen molar-refractivity contribution in [3.05, 3.63) is 77.9 Å². The molecule has 1 fully saturated rings. The van der Waals surface area contributed by atoms with E-state index >= 15 is 0 Å². The number of fused-ring (bicyclic) bond motifs is 1. The highest BCUT2D eigenvalue weighted by molar-refractivity contribution is 5.85. The largest absolute Gasteiger partial charge is 0.494 e. The molecular formula is C25H28ClNO3. The Balaban J connectivity index is 0.00000256. The number of nitrogens with zero attached hydrogens (tertiary/aromatic N) is 1. The summed E-state index contributed by atoms with van der Waals surface area (Å²) in [6.45, 7) is 2.82. The van der Waals surface area contributed by atoms with E-state index in [9.17, 15) is 4.79 Å². The lowest BCUT2D eigenvalue weighted by molar-refractivity contribution is -0.147. The van der Waals surface area contributed by atoms with E-state index in [-0.39, 0.29) is 18.3 Å². The number of carboxylic acid groups (broad SMARTS) is 1. The van der Waals surface area contributed by atoms with E-state index in [0.717, 1.165) is 38.2 Å². The Bertz CT molecular complexity index is 971. The first-order valence-corrected chi connectivity index (χ1v) is 10.3. The molecule has 0 unspecified atom stereocenters. The second kappa shape index (κ2) is 10.5. The van der Waals surface area contributed by atoms with Gasteiger partial charge in [-0.25, -0.2) is 0 Å². The Morgan fingerprint density at radius 1 is 0.933 bits per heavy atom. The highest BCUT2D eigenvalue weighted by atomic mass is 35.5. The molecule has 3 aromatic rings. The van der Waals surface area contributed by atoms with Gasteiger partial charge in [0.25, 0.3) is 0 Å². The maximum atomic E-state index is 10.9. The number of hydrogen-bond acceptors (Lipinski definition) is 3. The number of rotatable bonds is 9. The van der Waals surface area contributed by atoms with Crippen molar-refractivity contribution in [2.45, 2.75) is 25.8 Å².